The Morgan fingerprint density at radius 2 is 1.92 bits per heavy atom. The largest absolute Gasteiger partial charge is 0.387 e. The summed E-state index contributed by atoms with van der Waals surface area (Å²) in [6, 6.07) is 7.92. The van der Waals surface area contributed by atoms with E-state index in [2.05, 4.69) is 20.6 Å². The minimum absolute atomic E-state index is 0.412. The molecule has 0 amide bonds. The molecule has 1 atom stereocenters. The van der Waals surface area contributed by atoms with Gasteiger partial charge in [0, 0.05) is 18.0 Å². The van der Waals surface area contributed by atoms with Gasteiger partial charge in [-0.2, -0.15) is 0 Å². The number of aliphatic hydroxyl groups is 1. The van der Waals surface area contributed by atoms with Crippen molar-refractivity contribution < 1.29 is 5.11 Å². The van der Waals surface area contributed by atoms with Crippen LogP contribution >= 0.6 is 11.3 Å². The van der Waals surface area contributed by atoms with Crippen molar-refractivity contribution >= 4 is 17.3 Å². The maximum absolute atomic E-state index is 10.3. The van der Waals surface area contributed by atoms with Crippen LogP contribution < -0.4 is 10.6 Å². The van der Waals surface area contributed by atoms with Crippen molar-refractivity contribution in [3.63, 3.8) is 0 Å². The summed E-state index contributed by atoms with van der Waals surface area (Å²) in [5, 5.41) is 17.8. The van der Waals surface area contributed by atoms with E-state index in [4.69, 9.17) is 0 Å². The van der Waals surface area contributed by atoms with Crippen LogP contribution in [0.15, 0.2) is 29.3 Å². The summed E-state index contributed by atoms with van der Waals surface area (Å²) in [6.45, 7) is 9.85. The predicted octanol–water partition coefficient (Wildman–Crippen LogP) is 2.86. The fourth-order valence-corrected chi connectivity index (χ4v) is 3.17. The van der Waals surface area contributed by atoms with Crippen LogP contribution in [0.5, 0.6) is 0 Å². The normalized spacial score (nSPS) is 13.0. The quantitative estimate of drug-likeness (QED) is 0.556. The van der Waals surface area contributed by atoms with Gasteiger partial charge in [-0.15, -0.1) is 11.3 Å². The summed E-state index contributed by atoms with van der Waals surface area (Å²) >= 11 is 1.67. The Morgan fingerprint density at radius 1 is 1.21 bits per heavy atom. The predicted molar refractivity (Wildman–Crippen MR) is 101 cm³/mol. The van der Waals surface area contributed by atoms with Crippen molar-refractivity contribution in [2.75, 3.05) is 13.1 Å². The van der Waals surface area contributed by atoms with Gasteiger partial charge < -0.3 is 15.7 Å². The molecule has 130 valence electrons. The molecule has 0 bridgehead atoms. The van der Waals surface area contributed by atoms with E-state index < -0.39 is 6.10 Å². The monoisotopic (exact) mass is 346 g/mol. The van der Waals surface area contributed by atoms with Gasteiger partial charge in [-0.05, 0) is 33.3 Å². The second kappa shape index (κ2) is 8.80. The molecule has 1 unspecified atom stereocenters. The number of aliphatic hydroxyl groups excluding tert-OH is 1. The van der Waals surface area contributed by atoms with E-state index in [-0.39, 0.29) is 0 Å². The minimum Gasteiger partial charge on any atom is -0.387 e. The van der Waals surface area contributed by atoms with Gasteiger partial charge in [-0.25, -0.2) is 9.98 Å². The van der Waals surface area contributed by atoms with Gasteiger partial charge in [0.1, 0.15) is 0 Å². The molecule has 0 spiro atoms. The van der Waals surface area contributed by atoms with E-state index >= 15 is 0 Å². The number of aliphatic imine (C=N–C) groups is 1. The molecule has 3 N–H and O–H groups in total. The SMILES string of the molecule is CCNC(=NCc1sc(C)nc1C)NCC(O)c1ccc(C)cc1. The first-order valence-electron chi connectivity index (χ1n) is 8.19. The summed E-state index contributed by atoms with van der Waals surface area (Å²) in [7, 11) is 0. The van der Waals surface area contributed by atoms with Crippen molar-refractivity contribution in [3.05, 3.63) is 51.0 Å². The number of nitrogens with one attached hydrogen (secondary N) is 2. The first-order valence-corrected chi connectivity index (χ1v) is 9.01. The number of hydrogen-bond acceptors (Lipinski definition) is 4. The molecule has 5 nitrogen and oxygen atoms in total. The molecule has 6 heteroatoms. The lowest BCUT2D eigenvalue weighted by Gasteiger charge is -2.15. The number of thiazole rings is 1. The molecule has 0 saturated heterocycles. The molecule has 24 heavy (non-hydrogen) atoms. The Balaban J connectivity index is 1.96. The van der Waals surface area contributed by atoms with Gasteiger partial charge in [0.25, 0.3) is 0 Å². The highest BCUT2D eigenvalue weighted by Crippen LogP contribution is 2.18. The second-order valence-corrected chi connectivity index (χ2v) is 7.03. The first-order chi connectivity index (χ1) is 11.5. The molecule has 0 aliphatic heterocycles. The molecule has 0 saturated carbocycles. The number of rotatable bonds is 6. The molecule has 0 aliphatic rings. The smallest absolute Gasteiger partial charge is 0.191 e. The number of guanidine groups is 1. The lowest BCUT2D eigenvalue weighted by Crippen LogP contribution is -2.39. The molecule has 1 heterocycles. The molecule has 2 aromatic rings. The van der Waals surface area contributed by atoms with Crippen molar-refractivity contribution in [2.24, 2.45) is 4.99 Å². The highest BCUT2D eigenvalue weighted by molar-refractivity contribution is 7.11. The zero-order valence-electron chi connectivity index (χ0n) is 14.8. The fourth-order valence-electron chi connectivity index (χ4n) is 2.31. The molecule has 0 radical (unpaired) electrons. The summed E-state index contributed by atoms with van der Waals surface area (Å²) in [4.78, 5) is 10.2. The van der Waals surface area contributed by atoms with Crippen molar-refractivity contribution in [2.45, 2.75) is 40.3 Å². The third-order valence-corrected chi connectivity index (χ3v) is 4.71. The zero-order chi connectivity index (χ0) is 17.5. The van der Waals surface area contributed by atoms with Crippen molar-refractivity contribution in [1.29, 1.82) is 0 Å². The van der Waals surface area contributed by atoms with Gasteiger partial charge in [0.15, 0.2) is 5.96 Å². The zero-order valence-corrected chi connectivity index (χ0v) is 15.6. The van der Waals surface area contributed by atoms with E-state index in [1.807, 2.05) is 52.0 Å². The Hall–Kier alpha value is -1.92. The van der Waals surface area contributed by atoms with Gasteiger partial charge >= 0.3 is 0 Å². The molecular formula is C18H26N4OS. The van der Waals surface area contributed by atoms with Crippen LogP contribution in [0.2, 0.25) is 0 Å². The fraction of sp³-hybridized carbons (Fsp3) is 0.444. The minimum atomic E-state index is -0.568. The third kappa shape index (κ3) is 5.32. The van der Waals surface area contributed by atoms with E-state index in [9.17, 15) is 5.11 Å². The van der Waals surface area contributed by atoms with Crippen LogP contribution in [0.25, 0.3) is 0 Å². The topological polar surface area (TPSA) is 69.5 Å². The maximum Gasteiger partial charge on any atom is 0.191 e. The number of benzene rings is 1. The molecule has 0 aliphatic carbocycles. The number of aromatic nitrogens is 1. The van der Waals surface area contributed by atoms with Gasteiger partial charge in [-0.3, -0.25) is 0 Å². The third-order valence-electron chi connectivity index (χ3n) is 3.65. The Kier molecular flexibility index (Phi) is 6.75. The Morgan fingerprint density at radius 3 is 2.50 bits per heavy atom. The summed E-state index contributed by atoms with van der Waals surface area (Å²) in [6.07, 6.45) is -0.568. The van der Waals surface area contributed by atoms with E-state index in [0.29, 0.717) is 19.0 Å². The average Bonchev–Trinajstić information content (AvgIpc) is 2.88. The lowest BCUT2D eigenvalue weighted by molar-refractivity contribution is 0.181. The van der Waals surface area contributed by atoms with E-state index in [1.165, 1.54) is 10.4 Å². The van der Waals surface area contributed by atoms with Crippen molar-refractivity contribution in [3.8, 4) is 0 Å². The van der Waals surface area contributed by atoms with Gasteiger partial charge in [-0.1, -0.05) is 29.8 Å². The second-order valence-electron chi connectivity index (χ2n) is 5.74. The first kappa shape index (κ1) is 18.4. The van der Waals surface area contributed by atoms with Crippen LogP contribution in [0.4, 0.5) is 0 Å². The molecule has 1 aromatic heterocycles. The Bertz CT molecular complexity index is 679. The number of hydrogen-bond donors (Lipinski definition) is 3. The highest BCUT2D eigenvalue weighted by Gasteiger charge is 2.09. The van der Waals surface area contributed by atoms with Crippen LogP contribution in [-0.2, 0) is 6.54 Å². The van der Waals surface area contributed by atoms with Crippen LogP contribution in [-0.4, -0.2) is 29.1 Å². The average molecular weight is 347 g/mol. The number of aryl methyl sites for hydroxylation is 3. The van der Waals surface area contributed by atoms with E-state index in [1.54, 1.807) is 11.3 Å². The molecule has 0 fully saturated rings. The number of nitrogens with zero attached hydrogens (tertiary/aromatic N) is 2. The highest BCUT2D eigenvalue weighted by atomic mass is 32.1. The maximum atomic E-state index is 10.3. The van der Waals surface area contributed by atoms with Crippen LogP contribution in [0.1, 0.15) is 39.7 Å². The summed E-state index contributed by atoms with van der Waals surface area (Å²) in [5.74, 6) is 0.703. The Labute approximate surface area is 147 Å². The standard InChI is InChI=1S/C18H26N4OS/c1-5-19-18(21-11-17-13(3)22-14(4)24-17)20-10-16(23)15-8-6-12(2)7-9-15/h6-9,16,23H,5,10-11H2,1-4H3,(H2,19,20,21). The summed E-state index contributed by atoms with van der Waals surface area (Å²) in [5.41, 5.74) is 3.12. The summed E-state index contributed by atoms with van der Waals surface area (Å²) < 4.78 is 0. The van der Waals surface area contributed by atoms with Crippen LogP contribution in [0.3, 0.4) is 0 Å². The molecular weight excluding hydrogens is 320 g/mol. The van der Waals surface area contributed by atoms with Crippen molar-refractivity contribution in [1.82, 2.24) is 15.6 Å². The van der Waals surface area contributed by atoms with Gasteiger partial charge in [0.2, 0.25) is 0 Å². The lowest BCUT2D eigenvalue weighted by atomic mass is 10.1. The van der Waals surface area contributed by atoms with Crippen LogP contribution in [0, 0.1) is 20.8 Å². The molecule has 1 aromatic carbocycles. The van der Waals surface area contributed by atoms with Gasteiger partial charge in [0.05, 0.1) is 23.4 Å². The van der Waals surface area contributed by atoms with E-state index in [0.717, 1.165) is 22.8 Å². The molecule has 2 rings (SSSR count).